The predicted octanol–water partition coefficient (Wildman–Crippen LogP) is 4.97. The summed E-state index contributed by atoms with van der Waals surface area (Å²) in [6.07, 6.45) is 8.04. The molecule has 0 unspecified atom stereocenters. The van der Waals surface area contributed by atoms with E-state index in [-0.39, 0.29) is 0 Å². The van der Waals surface area contributed by atoms with Gasteiger partial charge in [-0.25, -0.2) is 0 Å². The zero-order chi connectivity index (χ0) is 14.5. The summed E-state index contributed by atoms with van der Waals surface area (Å²) in [4.78, 5) is 7.37. The van der Waals surface area contributed by atoms with Crippen LogP contribution in [-0.2, 0) is 5.75 Å². The fourth-order valence-corrected chi connectivity index (χ4v) is 4.63. The Kier molecular flexibility index (Phi) is 5.48. The van der Waals surface area contributed by atoms with Gasteiger partial charge in [0.15, 0.2) is 5.17 Å². The monoisotopic (exact) mass is 322 g/mol. The van der Waals surface area contributed by atoms with Crippen molar-refractivity contribution in [3.8, 4) is 0 Å². The number of nitrogens with zero attached hydrogens (tertiary/aromatic N) is 2. The minimum atomic E-state index is 0.719. The summed E-state index contributed by atoms with van der Waals surface area (Å²) in [6, 6.07) is 8.85. The number of benzene rings is 1. The lowest BCUT2D eigenvalue weighted by molar-refractivity contribution is 0.239. The Bertz CT molecular complexity index is 497. The molecule has 0 aromatic heterocycles. The lowest BCUT2D eigenvalue weighted by atomic mass is 9.94. The first-order chi connectivity index (χ1) is 10.3. The fraction of sp³-hybridized carbons (Fsp3) is 0.588. The molecule has 0 spiro atoms. The lowest BCUT2D eigenvalue weighted by Gasteiger charge is -2.38. The van der Waals surface area contributed by atoms with Crippen molar-refractivity contribution < 1.29 is 0 Å². The molecule has 1 aliphatic heterocycles. The first kappa shape index (κ1) is 15.2. The molecule has 2 nitrogen and oxygen atoms in total. The molecule has 0 N–H and O–H groups in total. The zero-order valence-corrected chi connectivity index (χ0v) is 14.0. The minimum Gasteiger partial charge on any atom is -0.348 e. The van der Waals surface area contributed by atoms with Gasteiger partial charge in [-0.2, -0.15) is 0 Å². The zero-order valence-electron chi connectivity index (χ0n) is 12.4. The molecule has 1 saturated carbocycles. The second-order valence-corrected chi connectivity index (χ2v) is 7.23. The van der Waals surface area contributed by atoms with Gasteiger partial charge in [-0.05, 0) is 30.9 Å². The van der Waals surface area contributed by atoms with Gasteiger partial charge in [0, 0.05) is 29.9 Å². The van der Waals surface area contributed by atoms with E-state index in [2.05, 4.69) is 17.0 Å². The molecular formula is C17H23ClN2S. The van der Waals surface area contributed by atoms with E-state index in [1.165, 1.54) is 55.8 Å². The molecular weight excluding hydrogens is 300 g/mol. The van der Waals surface area contributed by atoms with Gasteiger partial charge in [-0.15, -0.1) is 0 Å². The SMILES string of the molecule is Clc1ccccc1CSC1=NCCCN1C1CCCCC1. The van der Waals surface area contributed by atoms with Crippen LogP contribution in [0, 0.1) is 0 Å². The molecule has 1 heterocycles. The highest BCUT2D eigenvalue weighted by atomic mass is 35.5. The highest BCUT2D eigenvalue weighted by Crippen LogP contribution is 2.29. The number of halogens is 1. The molecule has 2 aliphatic rings. The third-order valence-corrected chi connectivity index (χ3v) is 5.83. The van der Waals surface area contributed by atoms with Crippen molar-refractivity contribution in [1.29, 1.82) is 0 Å². The topological polar surface area (TPSA) is 15.6 Å². The van der Waals surface area contributed by atoms with Gasteiger partial charge in [-0.1, -0.05) is 60.8 Å². The number of hydrogen-bond acceptors (Lipinski definition) is 3. The van der Waals surface area contributed by atoms with Crippen LogP contribution in [0.1, 0.15) is 44.1 Å². The van der Waals surface area contributed by atoms with E-state index in [4.69, 9.17) is 16.6 Å². The van der Waals surface area contributed by atoms with Gasteiger partial charge in [0.1, 0.15) is 0 Å². The summed E-state index contributed by atoms with van der Waals surface area (Å²) in [5.74, 6) is 0.918. The van der Waals surface area contributed by atoms with Gasteiger partial charge in [0.05, 0.1) is 0 Å². The molecule has 3 rings (SSSR count). The van der Waals surface area contributed by atoms with E-state index in [0.29, 0.717) is 0 Å². The Balaban J connectivity index is 1.64. The van der Waals surface area contributed by atoms with Crippen molar-refractivity contribution >= 4 is 28.5 Å². The molecule has 0 bridgehead atoms. The third-order valence-electron chi connectivity index (χ3n) is 4.38. The van der Waals surface area contributed by atoms with E-state index in [0.717, 1.165) is 23.4 Å². The minimum absolute atomic E-state index is 0.719. The Labute approximate surface area is 137 Å². The van der Waals surface area contributed by atoms with Crippen LogP contribution in [0.15, 0.2) is 29.3 Å². The molecule has 21 heavy (non-hydrogen) atoms. The maximum Gasteiger partial charge on any atom is 0.159 e. The number of amidine groups is 1. The van der Waals surface area contributed by atoms with Crippen LogP contribution in [0.2, 0.25) is 5.02 Å². The predicted molar refractivity (Wildman–Crippen MR) is 93.2 cm³/mol. The first-order valence-electron chi connectivity index (χ1n) is 8.02. The van der Waals surface area contributed by atoms with Crippen molar-refractivity contribution in [3.63, 3.8) is 0 Å². The summed E-state index contributed by atoms with van der Waals surface area (Å²) in [5.41, 5.74) is 1.21. The van der Waals surface area contributed by atoms with Crippen molar-refractivity contribution in [2.75, 3.05) is 13.1 Å². The van der Waals surface area contributed by atoms with E-state index in [9.17, 15) is 0 Å². The van der Waals surface area contributed by atoms with Crippen LogP contribution in [-0.4, -0.2) is 29.2 Å². The van der Waals surface area contributed by atoms with Crippen LogP contribution in [0.5, 0.6) is 0 Å². The average molecular weight is 323 g/mol. The second-order valence-electron chi connectivity index (χ2n) is 5.88. The van der Waals surface area contributed by atoms with Crippen LogP contribution in [0.25, 0.3) is 0 Å². The highest BCUT2D eigenvalue weighted by molar-refractivity contribution is 8.13. The summed E-state index contributed by atoms with van der Waals surface area (Å²) in [5, 5.41) is 2.11. The van der Waals surface area contributed by atoms with Crippen molar-refractivity contribution in [3.05, 3.63) is 34.9 Å². The molecule has 1 aliphatic carbocycles. The van der Waals surface area contributed by atoms with Crippen LogP contribution < -0.4 is 0 Å². The van der Waals surface area contributed by atoms with Crippen LogP contribution in [0.3, 0.4) is 0 Å². The molecule has 0 saturated heterocycles. The van der Waals surface area contributed by atoms with Crippen LogP contribution >= 0.6 is 23.4 Å². The largest absolute Gasteiger partial charge is 0.348 e. The number of thioether (sulfide) groups is 1. The summed E-state index contributed by atoms with van der Waals surface area (Å²) in [6.45, 7) is 2.16. The van der Waals surface area contributed by atoms with Crippen LogP contribution in [0.4, 0.5) is 0 Å². The molecule has 0 atom stereocenters. The van der Waals surface area contributed by atoms with Gasteiger partial charge in [0.25, 0.3) is 0 Å². The molecule has 4 heteroatoms. The Hall–Kier alpha value is -0.670. The smallest absolute Gasteiger partial charge is 0.159 e. The molecule has 114 valence electrons. The Morgan fingerprint density at radius 3 is 2.76 bits per heavy atom. The van der Waals surface area contributed by atoms with E-state index < -0.39 is 0 Å². The van der Waals surface area contributed by atoms with E-state index >= 15 is 0 Å². The second kappa shape index (κ2) is 7.55. The van der Waals surface area contributed by atoms with Gasteiger partial charge >= 0.3 is 0 Å². The maximum absolute atomic E-state index is 6.26. The number of hydrogen-bond donors (Lipinski definition) is 0. The normalized spacial score (nSPS) is 20.4. The fourth-order valence-electron chi connectivity index (χ4n) is 3.22. The van der Waals surface area contributed by atoms with E-state index in [1.807, 2.05) is 23.9 Å². The molecule has 1 aromatic rings. The number of aliphatic imine (C=N–C) groups is 1. The summed E-state index contributed by atoms with van der Waals surface area (Å²) in [7, 11) is 0. The Morgan fingerprint density at radius 2 is 1.95 bits per heavy atom. The van der Waals surface area contributed by atoms with Gasteiger partial charge < -0.3 is 4.90 Å². The van der Waals surface area contributed by atoms with Crippen molar-refractivity contribution in [2.24, 2.45) is 4.99 Å². The summed E-state index contributed by atoms with van der Waals surface area (Å²) >= 11 is 8.12. The quantitative estimate of drug-likeness (QED) is 0.781. The molecule has 0 amide bonds. The standard InChI is InChI=1S/C17H23ClN2S/c18-16-10-5-4-7-14(16)13-21-17-19-11-6-12-20(17)15-8-2-1-3-9-15/h4-5,7,10,15H,1-3,6,8-9,11-13H2. The van der Waals surface area contributed by atoms with Crippen molar-refractivity contribution in [1.82, 2.24) is 4.90 Å². The number of rotatable bonds is 3. The molecule has 0 radical (unpaired) electrons. The van der Waals surface area contributed by atoms with Gasteiger partial charge in [0.2, 0.25) is 0 Å². The maximum atomic E-state index is 6.26. The molecule has 1 aromatic carbocycles. The third kappa shape index (κ3) is 3.95. The average Bonchev–Trinajstić information content (AvgIpc) is 2.55. The van der Waals surface area contributed by atoms with E-state index in [1.54, 1.807) is 0 Å². The first-order valence-corrected chi connectivity index (χ1v) is 9.38. The summed E-state index contributed by atoms with van der Waals surface area (Å²) < 4.78 is 0. The Morgan fingerprint density at radius 1 is 1.14 bits per heavy atom. The molecule has 1 fully saturated rings. The van der Waals surface area contributed by atoms with Gasteiger partial charge in [-0.3, -0.25) is 4.99 Å². The highest BCUT2D eigenvalue weighted by Gasteiger charge is 2.25. The van der Waals surface area contributed by atoms with Crippen molar-refractivity contribution in [2.45, 2.75) is 50.3 Å². The lowest BCUT2D eigenvalue weighted by Crippen LogP contribution is -2.43.